The summed E-state index contributed by atoms with van der Waals surface area (Å²) in [6.45, 7) is 4.98. The molecule has 0 aliphatic heterocycles. The molecule has 0 aromatic heterocycles. The molecule has 0 nitrogen and oxygen atoms in total. The molecule has 9 rings (SSSR count). The van der Waals surface area contributed by atoms with Crippen LogP contribution < -0.4 is 0 Å². The summed E-state index contributed by atoms with van der Waals surface area (Å²) in [6.07, 6.45) is 3.81. The summed E-state index contributed by atoms with van der Waals surface area (Å²) in [5.41, 5.74) is 10.2. The lowest BCUT2D eigenvalue weighted by atomic mass is 9.65. The third-order valence-electron chi connectivity index (χ3n) is 11.5. The van der Waals surface area contributed by atoms with Crippen LogP contribution in [-0.4, -0.2) is 0 Å². The summed E-state index contributed by atoms with van der Waals surface area (Å²) >= 11 is 0. The predicted molar refractivity (Wildman–Crippen MR) is 192 cm³/mol. The van der Waals surface area contributed by atoms with Crippen LogP contribution in [-0.2, 0) is 5.41 Å². The summed E-state index contributed by atoms with van der Waals surface area (Å²) in [5.74, 6) is 1.98. The molecule has 3 unspecified atom stereocenters. The highest BCUT2D eigenvalue weighted by Crippen LogP contribution is 2.59. The average Bonchev–Trinajstić information content (AvgIpc) is 3.32. The van der Waals surface area contributed by atoms with E-state index >= 15 is 0 Å². The molecule has 2 aliphatic carbocycles. The summed E-state index contributed by atoms with van der Waals surface area (Å²) < 4.78 is 0. The Morgan fingerprint density at radius 2 is 1.13 bits per heavy atom. The molecule has 1 saturated carbocycles. The van der Waals surface area contributed by atoms with Crippen molar-refractivity contribution in [3.8, 4) is 22.3 Å². The number of rotatable bonds is 3. The Hall–Kier alpha value is -4.68. The van der Waals surface area contributed by atoms with E-state index in [1.54, 1.807) is 11.1 Å². The van der Waals surface area contributed by atoms with Gasteiger partial charge in [0.15, 0.2) is 0 Å². The molecular weight excluding hydrogens is 540 g/mol. The Labute approximate surface area is 266 Å². The lowest BCUT2D eigenvalue weighted by Crippen LogP contribution is -2.30. The molecule has 2 aliphatic rings. The maximum atomic E-state index is 2.53. The van der Waals surface area contributed by atoms with Gasteiger partial charge in [0.2, 0.25) is 0 Å². The topological polar surface area (TPSA) is 0 Å². The van der Waals surface area contributed by atoms with Crippen molar-refractivity contribution in [2.75, 3.05) is 0 Å². The minimum absolute atomic E-state index is 0.224. The molecule has 0 heteroatoms. The molecule has 7 aromatic rings. The van der Waals surface area contributed by atoms with E-state index in [-0.39, 0.29) is 5.41 Å². The highest BCUT2D eigenvalue weighted by Gasteiger charge is 2.48. The van der Waals surface area contributed by atoms with Gasteiger partial charge in [0.05, 0.1) is 0 Å². The minimum Gasteiger partial charge on any atom is -0.0620 e. The van der Waals surface area contributed by atoms with Crippen LogP contribution in [0.1, 0.15) is 61.6 Å². The molecule has 218 valence electrons. The van der Waals surface area contributed by atoms with E-state index in [1.807, 2.05) is 0 Å². The normalized spacial score (nSPS) is 20.4. The Bertz CT molecular complexity index is 2190. The third-order valence-corrected chi connectivity index (χ3v) is 11.5. The molecule has 0 heterocycles. The van der Waals surface area contributed by atoms with Crippen LogP contribution in [0.5, 0.6) is 0 Å². The fourth-order valence-corrected chi connectivity index (χ4v) is 9.37. The van der Waals surface area contributed by atoms with Crippen LogP contribution in [0.25, 0.3) is 54.6 Å². The molecule has 0 bridgehead atoms. The van der Waals surface area contributed by atoms with E-state index in [2.05, 4.69) is 153 Å². The number of benzene rings is 7. The van der Waals surface area contributed by atoms with Gasteiger partial charge in [-0.05, 0) is 114 Å². The summed E-state index contributed by atoms with van der Waals surface area (Å²) in [5, 5.41) is 7.87. The Morgan fingerprint density at radius 3 is 1.89 bits per heavy atom. The van der Waals surface area contributed by atoms with Gasteiger partial charge in [-0.2, -0.15) is 0 Å². The zero-order chi connectivity index (χ0) is 30.1. The number of hydrogen-bond acceptors (Lipinski definition) is 0. The second-order valence-electron chi connectivity index (χ2n) is 14.0. The molecular formula is C45H38. The van der Waals surface area contributed by atoms with Crippen molar-refractivity contribution in [1.82, 2.24) is 0 Å². The van der Waals surface area contributed by atoms with Crippen molar-refractivity contribution in [2.45, 2.75) is 50.4 Å². The Kier molecular flexibility index (Phi) is 6.04. The predicted octanol–water partition coefficient (Wildman–Crippen LogP) is 12.4. The standard InChI is InChI=1S/C45H38/c1-45(2)41-24-10-9-18-34(41)35-26-25-31(28-42(35)45)30-15-11-16-32(27-30)43-37-19-5-7-21-39(37)44(40-22-8-6-20-38(40)43)36-23-12-14-29-13-3-4-17-33(29)36/h3-24,27,31,35,42H,25-26,28H2,1-2H3. The van der Waals surface area contributed by atoms with Gasteiger partial charge in [0.25, 0.3) is 0 Å². The van der Waals surface area contributed by atoms with Gasteiger partial charge < -0.3 is 0 Å². The number of hydrogen-bond donors (Lipinski definition) is 0. The smallest absolute Gasteiger partial charge is 0.00201 e. The van der Waals surface area contributed by atoms with Gasteiger partial charge in [0, 0.05) is 0 Å². The second-order valence-corrected chi connectivity index (χ2v) is 14.0. The summed E-state index contributed by atoms with van der Waals surface area (Å²) in [7, 11) is 0. The molecule has 0 radical (unpaired) electrons. The largest absolute Gasteiger partial charge is 0.0620 e. The summed E-state index contributed by atoms with van der Waals surface area (Å²) in [6, 6.07) is 52.5. The molecule has 45 heavy (non-hydrogen) atoms. The van der Waals surface area contributed by atoms with Crippen molar-refractivity contribution in [3.05, 3.63) is 156 Å². The maximum Gasteiger partial charge on any atom is -0.00201 e. The lowest BCUT2D eigenvalue weighted by Gasteiger charge is -2.39. The van der Waals surface area contributed by atoms with Crippen LogP contribution in [0.15, 0.2) is 140 Å². The second kappa shape index (κ2) is 10.2. The quantitative estimate of drug-likeness (QED) is 0.183. The SMILES string of the molecule is CC1(C)c2ccccc2C2CCC(c3cccc(-c4c5ccccc5c(-c5cccc6ccccc56)c5ccccc45)c3)CC21. The third kappa shape index (κ3) is 4.05. The molecule has 7 aromatic carbocycles. The van der Waals surface area contributed by atoms with E-state index in [1.165, 1.54) is 79.4 Å². The molecule has 0 spiro atoms. The first-order chi connectivity index (χ1) is 22.1. The van der Waals surface area contributed by atoms with Crippen LogP contribution >= 0.6 is 0 Å². The van der Waals surface area contributed by atoms with E-state index in [0.717, 1.165) is 0 Å². The van der Waals surface area contributed by atoms with E-state index in [4.69, 9.17) is 0 Å². The fourth-order valence-electron chi connectivity index (χ4n) is 9.37. The molecule has 0 amide bonds. The van der Waals surface area contributed by atoms with Crippen LogP contribution in [0, 0.1) is 5.92 Å². The first kappa shape index (κ1) is 26.7. The first-order valence-electron chi connectivity index (χ1n) is 16.7. The Morgan fingerprint density at radius 1 is 0.533 bits per heavy atom. The van der Waals surface area contributed by atoms with Crippen molar-refractivity contribution in [2.24, 2.45) is 5.92 Å². The first-order valence-corrected chi connectivity index (χ1v) is 16.7. The zero-order valence-corrected chi connectivity index (χ0v) is 26.1. The van der Waals surface area contributed by atoms with Gasteiger partial charge in [-0.1, -0.05) is 153 Å². The minimum atomic E-state index is 0.224. The van der Waals surface area contributed by atoms with Gasteiger partial charge in [-0.15, -0.1) is 0 Å². The Balaban J connectivity index is 1.20. The van der Waals surface area contributed by atoms with Crippen molar-refractivity contribution in [3.63, 3.8) is 0 Å². The van der Waals surface area contributed by atoms with Crippen LogP contribution in [0.2, 0.25) is 0 Å². The monoisotopic (exact) mass is 578 g/mol. The molecule has 0 N–H and O–H groups in total. The fraction of sp³-hybridized carbons (Fsp3) is 0.200. The lowest BCUT2D eigenvalue weighted by molar-refractivity contribution is 0.212. The highest BCUT2D eigenvalue weighted by molar-refractivity contribution is 6.23. The average molecular weight is 579 g/mol. The zero-order valence-electron chi connectivity index (χ0n) is 26.1. The van der Waals surface area contributed by atoms with Crippen LogP contribution in [0.3, 0.4) is 0 Å². The van der Waals surface area contributed by atoms with Crippen molar-refractivity contribution in [1.29, 1.82) is 0 Å². The van der Waals surface area contributed by atoms with Gasteiger partial charge >= 0.3 is 0 Å². The highest BCUT2D eigenvalue weighted by atomic mass is 14.5. The molecule has 3 atom stereocenters. The van der Waals surface area contributed by atoms with Crippen molar-refractivity contribution >= 4 is 32.3 Å². The summed E-state index contributed by atoms with van der Waals surface area (Å²) in [4.78, 5) is 0. The van der Waals surface area contributed by atoms with E-state index < -0.39 is 0 Å². The molecule has 0 saturated heterocycles. The van der Waals surface area contributed by atoms with Gasteiger partial charge in [-0.3, -0.25) is 0 Å². The van der Waals surface area contributed by atoms with Crippen molar-refractivity contribution < 1.29 is 0 Å². The van der Waals surface area contributed by atoms with Crippen LogP contribution in [0.4, 0.5) is 0 Å². The maximum absolute atomic E-state index is 2.53. The number of fused-ring (bicyclic) bond motifs is 6. The van der Waals surface area contributed by atoms with E-state index in [9.17, 15) is 0 Å². The van der Waals surface area contributed by atoms with Gasteiger partial charge in [-0.25, -0.2) is 0 Å². The van der Waals surface area contributed by atoms with Gasteiger partial charge in [0.1, 0.15) is 0 Å². The molecule has 1 fully saturated rings. The van der Waals surface area contributed by atoms with E-state index in [0.29, 0.717) is 17.8 Å².